The number of carbonyl (C=O) groups is 2. The van der Waals surface area contributed by atoms with Crippen LogP contribution in [0.1, 0.15) is 42.5 Å². The van der Waals surface area contributed by atoms with E-state index in [-0.39, 0.29) is 23.5 Å². The van der Waals surface area contributed by atoms with Crippen molar-refractivity contribution < 1.29 is 22.7 Å². The van der Waals surface area contributed by atoms with Gasteiger partial charge in [0.05, 0.1) is 4.90 Å². The Morgan fingerprint density at radius 2 is 1.65 bits per heavy atom. The molecule has 0 aliphatic heterocycles. The first kappa shape index (κ1) is 22.8. The normalized spacial score (nSPS) is 14.9. The van der Waals surface area contributed by atoms with Crippen LogP contribution < -0.4 is 15.8 Å². The summed E-state index contributed by atoms with van der Waals surface area (Å²) >= 11 is 0. The Morgan fingerprint density at radius 1 is 1.03 bits per heavy atom. The molecule has 1 aliphatic carbocycles. The second-order valence-corrected chi connectivity index (χ2v) is 9.57. The van der Waals surface area contributed by atoms with Crippen LogP contribution in [0.3, 0.4) is 0 Å². The van der Waals surface area contributed by atoms with E-state index in [4.69, 9.17) is 10.5 Å². The van der Waals surface area contributed by atoms with Crippen molar-refractivity contribution in [3.05, 3.63) is 54.1 Å². The number of ether oxygens (including phenoxy) is 1. The monoisotopic (exact) mass is 445 g/mol. The van der Waals surface area contributed by atoms with Gasteiger partial charge in [-0.1, -0.05) is 19.3 Å². The zero-order valence-corrected chi connectivity index (χ0v) is 18.2. The summed E-state index contributed by atoms with van der Waals surface area (Å²) in [5.74, 6) is -0.489. The third kappa shape index (κ3) is 5.83. The lowest BCUT2D eigenvalue weighted by Gasteiger charge is -2.30. The van der Waals surface area contributed by atoms with Gasteiger partial charge in [-0.05, 0) is 61.4 Å². The maximum Gasteiger partial charge on any atom is 0.255 e. The highest BCUT2D eigenvalue weighted by Crippen LogP contribution is 2.26. The molecule has 1 saturated carbocycles. The molecule has 31 heavy (non-hydrogen) atoms. The van der Waals surface area contributed by atoms with Gasteiger partial charge in [0.25, 0.3) is 11.8 Å². The highest BCUT2D eigenvalue weighted by molar-refractivity contribution is 7.89. The van der Waals surface area contributed by atoms with Crippen molar-refractivity contribution in [1.82, 2.24) is 4.31 Å². The van der Waals surface area contributed by atoms with Crippen molar-refractivity contribution in [2.24, 2.45) is 5.73 Å². The average Bonchev–Trinajstić information content (AvgIpc) is 2.78. The molecule has 0 radical (unpaired) electrons. The van der Waals surface area contributed by atoms with Crippen LogP contribution in [0, 0.1) is 0 Å². The van der Waals surface area contributed by atoms with Crippen LogP contribution in [0.5, 0.6) is 5.75 Å². The standard InChI is InChI=1S/C22H27N3O5S/c1-25(18-5-3-2-4-6-18)31(28,29)20-13-7-16(8-14-20)22(27)24-17-9-11-19(12-10-17)30-15-21(23)26/h7-14,18H,2-6,15H2,1H3,(H2,23,26)(H,24,27). The second-order valence-electron chi connectivity index (χ2n) is 7.57. The van der Waals surface area contributed by atoms with Crippen molar-refractivity contribution in [2.45, 2.75) is 43.0 Å². The fourth-order valence-corrected chi connectivity index (χ4v) is 4.99. The number of nitrogens with two attached hydrogens (primary N) is 1. The van der Waals surface area contributed by atoms with Gasteiger partial charge < -0.3 is 15.8 Å². The Labute approximate surface area is 182 Å². The van der Waals surface area contributed by atoms with E-state index in [0.717, 1.165) is 32.1 Å². The number of hydrogen-bond acceptors (Lipinski definition) is 5. The number of amides is 2. The van der Waals surface area contributed by atoms with Crippen LogP contribution in [0.25, 0.3) is 0 Å². The number of nitrogens with zero attached hydrogens (tertiary/aromatic N) is 1. The molecule has 8 nitrogen and oxygen atoms in total. The van der Waals surface area contributed by atoms with Gasteiger partial charge in [-0.2, -0.15) is 4.31 Å². The molecule has 9 heteroatoms. The Kier molecular flexibility index (Phi) is 7.29. The maximum absolute atomic E-state index is 12.9. The van der Waals surface area contributed by atoms with E-state index in [2.05, 4.69) is 5.32 Å². The molecule has 3 rings (SSSR count). The summed E-state index contributed by atoms with van der Waals surface area (Å²) in [4.78, 5) is 23.4. The van der Waals surface area contributed by atoms with Crippen molar-refractivity contribution >= 4 is 27.5 Å². The first-order chi connectivity index (χ1) is 14.8. The van der Waals surface area contributed by atoms with E-state index in [0.29, 0.717) is 17.0 Å². The highest BCUT2D eigenvalue weighted by atomic mass is 32.2. The van der Waals surface area contributed by atoms with Gasteiger partial charge in [0.15, 0.2) is 6.61 Å². The molecule has 0 atom stereocenters. The van der Waals surface area contributed by atoms with Crippen LogP contribution >= 0.6 is 0 Å². The molecule has 0 bridgehead atoms. The van der Waals surface area contributed by atoms with Gasteiger partial charge in [0.2, 0.25) is 10.0 Å². The second kappa shape index (κ2) is 9.93. The quantitative estimate of drug-likeness (QED) is 0.648. The lowest BCUT2D eigenvalue weighted by atomic mass is 9.96. The maximum atomic E-state index is 12.9. The minimum Gasteiger partial charge on any atom is -0.484 e. The molecule has 0 heterocycles. The molecule has 0 unspecified atom stereocenters. The average molecular weight is 446 g/mol. The predicted octanol–water partition coefficient (Wildman–Crippen LogP) is 2.76. The Morgan fingerprint density at radius 3 is 2.23 bits per heavy atom. The fraction of sp³-hybridized carbons (Fsp3) is 0.364. The van der Waals surface area contributed by atoms with Crippen molar-refractivity contribution in [3.8, 4) is 5.75 Å². The van der Waals surface area contributed by atoms with Gasteiger partial charge in [-0.15, -0.1) is 0 Å². The summed E-state index contributed by atoms with van der Waals surface area (Å²) in [5, 5.41) is 2.74. The molecular weight excluding hydrogens is 418 g/mol. The zero-order valence-electron chi connectivity index (χ0n) is 17.4. The van der Waals surface area contributed by atoms with E-state index in [9.17, 15) is 18.0 Å². The zero-order chi connectivity index (χ0) is 22.4. The van der Waals surface area contributed by atoms with E-state index in [1.807, 2.05) is 0 Å². The lowest BCUT2D eigenvalue weighted by Crippen LogP contribution is -2.38. The van der Waals surface area contributed by atoms with Crippen LogP contribution in [0.2, 0.25) is 0 Å². The summed E-state index contributed by atoms with van der Waals surface area (Å²) in [6.45, 7) is -0.225. The molecule has 166 valence electrons. The van der Waals surface area contributed by atoms with Crippen molar-refractivity contribution in [1.29, 1.82) is 0 Å². The lowest BCUT2D eigenvalue weighted by molar-refractivity contribution is -0.119. The summed E-state index contributed by atoms with van der Waals surface area (Å²) in [6.07, 6.45) is 4.99. The van der Waals surface area contributed by atoms with Crippen LogP contribution in [-0.4, -0.2) is 44.2 Å². The molecule has 0 spiro atoms. The van der Waals surface area contributed by atoms with Gasteiger partial charge in [0, 0.05) is 24.3 Å². The minimum absolute atomic E-state index is 0.0247. The summed E-state index contributed by atoms with van der Waals surface area (Å²) in [7, 11) is -1.97. The number of nitrogens with one attached hydrogen (secondary N) is 1. The Hall–Kier alpha value is -2.91. The van der Waals surface area contributed by atoms with E-state index < -0.39 is 15.9 Å². The number of benzene rings is 2. The fourth-order valence-electron chi connectivity index (χ4n) is 3.58. The summed E-state index contributed by atoms with van der Waals surface area (Å²) in [6, 6.07) is 12.4. The largest absolute Gasteiger partial charge is 0.484 e. The first-order valence-corrected chi connectivity index (χ1v) is 11.6. The van der Waals surface area contributed by atoms with Crippen LogP contribution in [0.15, 0.2) is 53.4 Å². The van der Waals surface area contributed by atoms with E-state index >= 15 is 0 Å². The van der Waals surface area contributed by atoms with Gasteiger partial charge >= 0.3 is 0 Å². The van der Waals surface area contributed by atoms with Gasteiger partial charge in [-0.3, -0.25) is 9.59 Å². The number of carbonyl (C=O) groups excluding carboxylic acids is 2. The SMILES string of the molecule is CN(C1CCCCC1)S(=O)(=O)c1ccc(C(=O)Nc2ccc(OCC(N)=O)cc2)cc1. The topological polar surface area (TPSA) is 119 Å². The third-order valence-electron chi connectivity index (χ3n) is 5.38. The predicted molar refractivity (Wildman–Crippen MR) is 117 cm³/mol. The van der Waals surface area contributed by atoms with Crippen LogP contribution in [0.4, 0.5) is 5.69 Å². The number of sulfonamides is 1. The smallest absolute Gasteiger partial charge is 0.255 e. The van der Waals surface area contributed by atoms with Gasteiger partial charge in [-0.25, -0.2) is 8.42 Å². The molecule has 2 amide bonds. The van der Waals surface area contributed by atoms with E-state index in [1.54, 1.807) is 31.3 Å². The Bertz CT molecular complexity index is 1010. The molecule has 2 aromatic rings. The van der Waals surface area contributed by atoms with Crippen molar-refractivity contribution in [2.75, 3.05) is 19.0 Å². The number of hydrogen-bond donors (Lipinski definition) is 2. The molecule has 0 aromatic heterocycles. The highest BCUT2D eigenvalue weighted by Gasteiger charge is 2.29. The third-order valence-corrected chi connectivity index (χ3v) is 7.30. The molecule has 2 aromatic carbocycles. The number of primary amides is 1. The molecule has 1 aliphatic rings. The molecular formula is C22H27N3O5S. The van der Waals surface area contributed by atoms with Gasteiger partial charge in [0.1, 0.15) is 5.75 Å². The summed E-state index contributed by atoms with van der Waals surface area (Å²) < 4.78 is 32.5. The van der Waals surface area contributed by atoms with E-state index in [1.165, 1.54) is 28.6 Å². The van der Waals surface area contributed by atoms with Crippen molar-refractivity contribution in [3.63, 3.8) is 0 Å². The summed E-state index contributed by atoms with van der Waals surface area (Å²) in [5.41, 5.74) is 5.90. The number of rotatable bonds is 8. The minimum atomic E-state index is -3.60. The van der Waals surface area contributed by atoms with Crippen LogP contribution in [-0.2, 0) is 14.8 Å². The first-order valence-electron chi connectivity index (χ1n) is 10.2. The Balaban J connectivity index is 1.63. The number of anilines is 1. The molecule has 3 N–H and O–H groups in total. The molecule has 1 fully saturated rings. The molecule has 0 saturated heterocycles.